The number of ether oxygens (including phenoxy) is 1. The average molecular weight is 342 g/mol. The first kappa shape index (κ1) is 19.5. The third kappa shape index (κ3) is 6.28. The van der Waals surface area contributed by atoms with Gasteiger partial charge in [0.25, 0.3) is 0 Å². The molecule has 8 heteroatoms. The number of hydrogen-bond donors (Lipinski definition) is 1. The quantitative estimate of drug-likeness (QED) is 0.610. The minimum Gasteiger partial charge on any atom is -0.467 e. The van der Waals surface area contributed by atoms with Crippen LogP contribution in [0.15, 0.2) is 24.3 Å². The SMILES string of the molecule is COC(=O)[C@@H](CCCC#N)NC(=O)Cc1ccc(C(F)(F)F)cc1. The van der Waals surface area contributed by atoms with E-state index in [1.165, 1.54) is 19.2 Å². The Labute approximate surface area is 137 Å². The zero-order chi connectivity index (χ0) is 18.2. The van der Waals surface area contributed by atoms with E-state index in [1.807, 2.05) is 6.07 Å². The molecular weight excluding hydrogens is 325 g/mol. The van der Waals surface area contributed by atoms with E-state index >= 15 is 0 Å². The van der Waals surface area contributed by atoms with Crippen LogP contribution in [-0.2, 0) is 26.9 Å². The molecule has 0 spiro atoms. The molecule has 0 radical (unpaired) electrons. The molecule has 0 aliphatic carbocycles. The van der Waals surface area contributed by atoms with Crippen molar-refractivity contribution < 1.29 is 27.5 Å². The van der Waals surface area contributed by atoms with E-state index in [2.05, 4.69) is 10.1 Å². The second kappa shape index (κ2) is 8.91. The number of unbranched alkanes of at least 4 members (excludes halogenated alkanes) is 1. The summed E-state index contributed by atoms with van der Waals surface area (Å²) in [4.78, 5) is 23.6. The number of nitrogens with one attached hydrogen (secondary N) is 1. The van der Waals surface area contributed by atoms with Gasteiger partial charge in [0.1, 0.15) is 6.04 Å². The number of benzene rings is 1. The highest BCUT2D eigenvalue weighted by atomic mass is 19.4. The van der Waals surface area contributed by atoms with E-state index in [4.69, 9.17) is 5.26 Å². The standard InChI is InChI=1S/C16H17F3N2O3/c1-24-15(23)13(4-2-3-9-20)21-14(22)10-11-5-7-12(8-6-11)16(17,18)19/h5-8,13H,2-4,10H2,1H3,(H,21,22)/t13-/m1/s1. The maximum Gasteiger partial charge on any atom is 0.416 e. The Morgan fingerprint density at radius 2 is 1.92 bits per heavy atom. The number of methoxy groups -OCH3 is 1. The van der Waals surface area contributed by atoms with Crippen LogP contribution in [0, 0.1) is 11.3 Å². The third-order valence-corrected chi connectivity index (χ3v) is 3.25. The first-order chi connectivity index (χ1) is 11.3. The lowest BCUT2D eigenvalue weighted by atomic mass is 10.1. The maximum atomic E-state index is 12.5. The molecule has 130 valence electrons. The largest absolute Gasteiger partial charge is 0.467 e. The molecule has 0 saturated heterocycles. The number of rotatable bonds is 7. The number of esters is 1. The van der Waals surface area contributed by atoms with Gasteiger partial charge in [-0.3, -0.25) is 4.79 Å². The number of halogens is 3. The summed E-state index contributed by atoms with van der Waals surface area (Å²) in [6.07, 6.45) is -3.69. The molecule has 0 saturated carbocycles. The van der Waals surface area contributed by atoms with Crippen LogP contribution >= 0.6 is 0 Å². The number of nitrogens with zero attached hydrogens (tertiary/aromatic N) is 1. The van der Waals surface area contributed by atoms with E-state index in [0.29, 0.717) is 12.0 Å². The van der Waals surface area contributed by atoms with Gasteiger partial charge in [0.2, 0.25) is 5.91 Å². The summed E-state index contributed by atoms with van der Waals surface area (Å²) < 4.78 is 42.0. The van der Waals surface area contributed by atoms with Crippen molar-refractivity contribution in [3.8, 4) is 6.07 Å². The van der Waals surface area contributed by atoms with E-state index in [1.54, 1.807) is 0 Å². The Hall–Kier alpha value is -2.56. The Bertz CT molecular complexity index is 606. The van der Waals surface area contributed by atoms with Crippen molar-refractivity contribution >= 4 is 11.9 Å². The molecule has 1 amide bonds. The van der Waals surface area contributed by atoms with E-state index in [0.717, 1.165) is 12.1 Å². The molecule has 0 unspecified atom stereocenters. The molecule has 1 aromatic rings. The summed E-state index contributed by atoms with van der Waals surface area (Å²) in [7, 11) is 1.18. The molecule has 0 aromatic heterocycles. The summed E-state index contributed by atoms with van der Waals surface area (Å²) in [5.41, 5.74) is -0.406. The van der Waals surface area contributed by atoms with E-state index in [-0.39, 0.29) is 19.3 Å². The number of carbonyl (C=O) groups is 2. The molecule has 24 heavy (non-hydrogen) atoms. The minimum atomic E-state index is -4.43. The van der Waals surface area contributed by atoms with Gasteiger partial charge in [-0.15, -0.1) is 0 Å². The van der Waals surface area contributed by atoms with Crippen molar-refractivity contribution in [3.63, 3.8) is 0 Å². The summed E-state index contributed by atoms with van der Waals surface area (Å²) in [5.74, 6) is -1.14. The number of hydrogen-bond acceptors (Lipinski definition) is 4. The van der Waals surface area contributed by atoms with Crippen molar-refractivity contribution in [2.24, 2.45) is 0 Å². The Balaban J connectivity index is 2.65. The van der Waals surface area contributed by atoms with Gasteiger partial charge in [0, 0.05) is 6.42 Å². The molecule has 1 aromatic carbocycles. The Morgan fingerprint density at radius 3 is 2.42 bits per heavy atom. The molecule has 0 aliphatic heterocycles. The Morgan fingerprint density at radius 1 is 1.29 bits per heavy atom. The molecule has 1 N–H and O–H groups in total. The van der Waals surface area contributed by atoms with Gasteiger partial charge in [-0.2, -0.15) is 18.4 Å². The van der Waals surface area contributed by atoms with Crippen LogP contribution in [0.5, 0.6) is 0 Å². The molecule has 0 bridgehead atoms. The minimum absolute atomic E-state index is 0.163. The lowest BCUT2D eigenvalue weighted by Crippen LogP contribution is -2.42. The molecule has 1 atom stereocenters. The molecule has 1 rings (SSSR count). The summed E-state index contributed by atoms with van der Waals surface area (Å²) >= 11 is 0. The van der Waals surface area contributed by atoms with Crippen LogP contribution in [0.3, 0.4) is 0 Å². The Kier molecular flexibility index (Phi) is 7.24. The lowest BCUT2D eigenvalue weighted by molar-refractivity contribution is -0.145. The van der Waals surface area contributed by atoms with Gasteiger partial charge in [0.15, 0.2) is 0 Å². The van der Waals surface area contributed by atoms with Gasteiger partial charge in [0.05, 0.1) is 25.2 Å². The van der Waals surface area contributed by atoms with Gasteiger partial charge >= 0.3 is 12.1 Å². The molecule has 0 aliphatic rings. The van der Waals surface area contributed by atoms with E-state index in [9.17, 15) is 22.8 Å². The predicted octanol–water partition coefficient (Wildman–Crippen LogP) is 2.60. The smallest absolute Gasteiger partial charge is 0.416 e. The maximum absolute atomic E-state index is 12.5. The van der Waals surface area contributed by atoms with Crippen molar-refractivity contribution in [1.29, 1.82) is 5.26 Å². The fourth-order valence-corrected chi connectivity index (χ4v) is 2.02. The highest BCUT2D eigenvalue weighted by molar-refractivity contribution is 5.85. The van der Waals surface area contributed by atoms with Gasteiger partial charge in [-0.25, -0.2) is 4.79 Å². The zero-order valence-corrected chi connectivity index (χ0v) is 13.0. The highest BCUT2D eigenvalue weighted by Crippen LogP contribution is 2.29. The van der Waals surface area contributed by atoms with Crippen molar-refractivity contribution in [3.05, 3.63) is 35.4 Å². The third-order valence-electron chi connectivity index (χ3n) is 3.25. The second-order valence-corrected chi connectivity index (χ2v) is 5.07. The fourth-order valence-electron chi connectivity index (χ4n) is 2.02. The van der Waals surface area contributed by atoms with Crippen molar-refractivity contribution in [2.45, 2.75) is 37.9 Å². The van der Waals surface area contributed by atoms with Crippen LogP contribution in [0.2, 0.25) is 0 Å². The van der Waals surface area contributed by atoms with Crippen LogP contribution in [0.25, 0.3) is 0 Å². The monoisotopic (exact) mass is 342 g/mol. The van der Waals surface area contributed by atoms with Gasteiger partial charge < -0.3 is 10.1 Å². The van der Waals surface area contributed by atoms with Crippen LogP contribution < -0.4 is 5.32 Å². The second-order valence-electron chi connectivity index (χ2n) is 5.07. The summed E-state index contributed by atoms with van der Waals surface area (Å²) in [5, 5.41) is 11.0. The molecule has 5 nitrogen and oxygen atoms in total. The molecule has 0 heterocycles. The first-order valence-electron chi connectivity index (χ1n) is 7.18. The molecular formula is C16H17F3N2O3. The average Bonchev–Trinajstić information content (AvgIpc) is 2.53. The van der Waals surface area contributed by atoms with Crippen molar-refractivity contribution in [1.82, 2.24) is 5.32 Å². The topological polar surface area (TPSA) is 79.2 Å². The molecule has 0 fully saturated rings. The van der Waals surface area contributed by atoms with E-state index < -0.39 is 29.7 Å². The number of alkyl halides is 3. The highest BCUT2D eigenvalue weighted by Gasteiger charge is 2.30. The lowest BCUT2D eigenvalue weighted by Gasteiger charge is -2.16. The van der Waals surface area contributed by atoms with Crippen molar-refractivity contribution in [2.75, 3.05) is 7.11 Å². The number of nitriles is 1. The number of carbonyl (C=O) groups excluding carboxylic acids is 2. The van der Waals surface area contributed by atoms with Crippen LogP contribution in [-0.4, -0.2) is 25.0 Å². The predicted molar refractivity (Wildman–Crippen MR) is 78.6 cm³/mol. The zero-order valence-electron chi connectivity index (χ0n) is 13.0. The van der Waals surface area contributed by atoms with Gasteiger partial charge in [-0.1, -0.05) is 12.1 Å². The fraction of sp³-hybridized carbons (Fsp3) is 0.438. The first-order valence-corrected chi connectivity index (χ1v) is 7.18. The normalized spacial score (nSPS) is 12.1. The van der Waals surface area contributed by atoms with Gasteiger partial charge in [-0.05, 0) is 30.5 Å². The van der Waals surface area contributed by atoms with Crippen LogP contribution in [0.4, 0.5) is 13.2 Å². The summed E-state index contributed by atoms with van der Waals surface area (Å²) in [6, 6.07) is 5.27. The summed E-state index contributed by atoms with van der Waals surface area (Å²) in [6.45, 7) is 0. The van der Waals surface area contributed by atoms with Crippen LogP contribution in [0.1, 0.15) is 30.4 Å². The number of amides is 1.